The van der Waals surface area contributed by atoms with Crippen molar-refractivity contribution in [1.82, 2.24) is 0 Å². The second-order valence-electron chi connectivity index (χ2n) is 12.0. The number of carboxylic acid groups (broad SMARTS) is 1. The molecule has 3 saturated carbocycles. The maximum Gasteiger partial charge on any atom is 0.331 e. The maximum absolute atomic E-state index is 9.88. The Labute approximate surface area is 238 Å². The van der Waals surface area contributed by atoms with Gasteiger partial charge < -0.3 is 10.2 Å². The maximum atomic E-state index is 9.88. The van der Waals surface area contributed by atoms with Crippen LogP contribution in [-0.4, -0.2) is 22.8 Å². The van der Waals surface area contributed by atoms with Gasteiger partial charge in [-0.05, 0) is 0 Å². The predicted molar refractivity (Wildman–Crippen MR) is 167 cm³/mol. The van der Waals surface area contributed by atoms with Crippen LogP contribution >= 0.6 is 0 Å². The number of carboxylic acids is 1. The van der Waals surface area contributed by atoms with E-state index >= 15 is 0 Å². The largest absolute Gasteiger partial charge is 0.478 e. The molecule has 0 saturated heterocycles. The molecule has 3 fully saturated rings. The molecule has 0 unspecified atom stereocenters. The number of carbonyl (C=O) groups is 1. The summed E-state index contributed by atoms with van der Waals surface area (Å²) in [6.45, 7) is 3.04. The molecule has 3 aliphatic carbocycles. The summed E-state index contributed by atoms with van der Waals surface area (Å²) in [4.78, 5) is 9.88. The zero-order chi connectivity index (χ0) is 27.8. The first-order valence-electron chi connectivity index (χ1n) is 17.2. The van der Waals surface area contributed by atoms with Crippen LogP contribution in [0.5, 0.6) is 0 Å². The minimum absolute atomic E-state index is 0.0486. The zero-order valence-corrected chi connectivity index (χ0v) is 25.6. The predicted octanol–water partition coefficient (Wildman–Crippen LogP) is 11.7. The highest BCUT2D eigenvalue weighted by atomic mass is 16.4. The summed E-state index contributed by atoms with van der Waals surface area (Å²) < 4.78 is 0. The molecule has 0 aliphatic heterocycles. The van der Waals surface area contributed by atoms with Gasteiger partial charge in [-0.2, -0.15) is 0 Å². The lowest BCUT2D eigenvalue weighted by molar-refractivity contribution is -0.132. The number of hydrogen-bond donors (Lipinski definition) is 2. The quantitative estimate of drug-likeness (QED) is 0.353. The van der Waals surface area contributed by atoms with Crippen molar-refractivity contribution in [2.75, 3.05) is 6.61 Å². The van der Waals surface area contributed by atoms with Crippen molar-refractivity contribution in [1.29, 1.82) is 0 Å². The van der Waals surface area contributed by atoms with E-state index in [-0.39, 0.29) is 18.6 Å². The van der Waals surface area contributed by atoms with Crippen molar-refractivity contribution in [3.8, 4) is 0 Å². The van der Waals surface area contributed by atoms with Crippen molar-refractivity contribution in [2.24, 2.45) is 0 Å². The lowest BCUT2D eigenvalue weighted by Gasteiger charge is -2.05. The van der Waals surface area contributed by atoms with E-state index in [1.165, 1.54) is 193 Å². The van der Waals surface area contributed by atoms with Gasteiger partial charge in [-0.1, -0.05) is 199 Å². The van der Waals surface area contributed by atoms with Gasteiger partial charge in [0.2, 0.25) is 0 Å². The highest BCUT2D eigenvalue weighted by Crippen LogP contribution is 2.17. The summed E-state index contributed by atoms with van der Waals surface area (Å²) in [5.74, 6) is -1.04. The van der Waals surface area contributed by atoms with Crippen LogP contribution in [0.3, 0.4) is 0 Å². The molecular weight excluding hydrogens is 468 g/mol. The van der Waals surface area contributed by atoms with Gasteiger partial charge in [-0.25, -0.2) is 4.79 Å². The van der Waals surface area contributed by atoms with Gasteiger partial charge in [-0.15, -0.1) is 0 Å². The Morgan fingerprint density at radius 1 is 0.395 bits per heavy atom. The molecule has 0 aromatic heterocycles. The Morgan fingerprint density at radius 3 is 0.579 bits per heavy atom. The molecule has 2 N–H and O–H groups in total. The standard InChI is InChI=1S/3C10H20.C5H8O3/c3*1-2-4-6-8-10-9-7-5-3-1;1-4(2-3-6)5(7)8/h3*1-10H2;6H,1-3H2,(H,7,8). The second kappa shape index (κ2) is 32.4. The van der Waals surface area contributed by atoms with Crippen molar-refractivity contribution in [3.05, 3.63) is 12.2 Å². The highest BCUT2D eigenvalue weighted by molar-refractivity contribution is 5.85. The van der Waals surface area contributed by atoms with E-state index < -0.39 is 5.97 Å². The number of hydrogen-bond acceptors (Lipinski definition) is 2. The molecule has 0 aromatic carbocycles. The molecule has 3 rings (SSSR count). The first-order valence-corrected chi connectivity index (χ1v) is 17.2. The molecular formula is C35H68O3. The van der Waals surface area contributed by atoms with Crippen LogP contribution in [0.2, 0.25) is 0 Å². The summed E-state index contributed by atoms with van der Waals surface area (Å²) >= 11 is 0. The Bertz CT molecular complexity index is 340. The summed E-state index contributed by atoms with van der Waals surface area (Å²) in [5, 5.41) is 16.3. The average Bonchev–Trinajstić information content (AvgIpc) is 2.95. The topological polar surface area (TPSA) is 57.5 Å². The fourth-order valence-electron chi connectivity index (χ4n) is 5.55. The van der Waals surface area contributed by atoms with E-state index in [0.29, 0.717) is 0 Å². The zero-order valence-electron chi connectivity index (χ0n) is 25.6. The fraction of sp³-hybridized carbons (Fsp3) is 0.914. The molecule has 0 bridgehead atoms. The molecule has 38 heavy (non-hydrogen) atoms. The van der Waals surface area contributed by atoms with E-state index in [0.717, 1.165) is 0 Å². The van der Waals surface area contributed by atoms with Gasteiger partial charge in [0.15, 0.2) is 0 Å². The third-order valence-electron chi connectivity index (χ3n) is 8.22. The summed E-state index contributed by atoms with van der Waals surface area (Å²) in [6, 6.07) is 0. The van der Waals surface area contributed by atoms with Crippen molar-refractivity contribution < 1.29 is 15.0 Å². The van der Waals surface area contributed by atoms with Gasteiger partial charge >= 0.3 is 5.97 Å². The smallest absolute Gasteiger partial charge is 0.331 e. The molecule has 0 amide bonds. The molecule has 0 aromatic rings. The highest BCUT2D eigenvalue weighted by Gasteiger charge is 2.00. The van der Waals surface area contributed by atoms with Crippen LogP contribution in [0.15, 0.2) is 12.2 Å². The minimum atomic E-state index is -1.04. The van der Waals surface area contributed by atoms with E-state index in [9.17, 15) is 4.79 Å². The van der Waals surface area contributed by atoms with E-state index in [4.69, 9.17) is 10.2 Å². The molecule has 3 aliphatic rings. The van der Waals surface area contributed by atoms with Crippen LogP contribution in [0, 0.1) is 0 Å². The van der Waals surface area contributed by atoms with Crippen LogP contribution in [-0.2, 0) is 4.79 Å². The van der Waals surface area contributed by atoms with Crippen molar-refractivity contribution in [2.45, 2.75) is 199 Å². The Morgan fingerprint density at radius 2 is 0.526 bits per heavy atom. The molecule has 226 valence electrons. The lowest BCUT2D eigenvalue weighted by Crippen LogP contribution is -2.00. The van der Waals surface area contributed by atoms with E-state index in [1.54, 1.807) is 0 Å². The molecule has 0 atom stereocenters. The monoisotopic (exact) mass is 537 g/mol. The normalized spacial score (nSPS) is 20.8. The van der Waals surface area contributed by atoms with Crippen LogP contribution in [0.4, 0.5) is 0 Å². The van der Waals surface area contributed by atoms with Gasteiger partial charge in [-0.3, -0.25) is 0 Å². The van der Waals surface area contributed by atoms with Gasteiger partial charge in [0.1, 0.15) is 0 Å². The Hall–Kier alpha value is -0.830. The van der Waals surface area contributed by atoms with E-state index in [1.807, 2.05) is 0 Å². The summed E-state index contributed by atoms with van der Waals surface area (Å²) in [7, 11) is 0. The molecule has 0 heterocycles. The van der Waals surface area contributed by atoms with Crippen LogP contribution in [0.25, 0.3) is 0 Å². The molecule has 3 nitrogen and oxygen atoms in total. The third kappa shape index (κ3) is 31.4. The van der Waals surface area contributed by atoms with Crippen LogP contribution in [0.1, 0.15) is 199 Å². The van der Waals surface area contributed by atoms with Gasteiger partial charge in [0, 0.05) is 18.6 Å². The third-order valence-corrected chi connectivity index (χ3v) is 8.22. The van der Waals surface area contributed by atoms with Crippen molar-refractivity contribution >= 4 is 5.97 Å². The van der Waals surface area contributed by atoms with Crippen LogP contribution < -0.4 is 0 Å². The SMILES string of the molecule is C1CCCCCCCCC1.C1CCCCCCCCC1.C1CCCCCCCCC1.C=C(CCO)C(=O)O. The molecule has 0 spiro atoms. The number of rotatable bonds is 3. The molecule has 0 radical (unpaired) electrons. The number of aliphatic hydroxyl groups excluding tert-OH is 1. The lowest BCUT2D eigenvalue weighted by atomic mass is 10.0. The first kappa shape index (κ1) is 37.2. The van der Waals surface area contributed by atoms with Gasteiger partial charge in [0.05, 0.1) is 0 Å². The van der Waals surface area contributed by atoms with Gasteiger partial charge in [0.25, 0.3) is 0 Å². The summed E-state index contributed by atoms with van der Waals surface area (Å²) in [6.07, 6.45) is 45.1. The number of aliphatic carboxylic acids is 1. The Balaban J connectivity index is 0.000000483. The number of aliphatic hydroxyl groups is 1. The average molecular weight is 537 g/mol. The minimum Gasteiger partial charge on any atom is -0.478 e. The Kier molecular flexibility index (Phi) is 31.7. The summed E-state index contributed by atoms with van der Waals surface area (Å²) in [5.41, 5.74) is 0.0486. The molecule has 3 heteroatoms. The van der Waals surface area contributed by atoms with E-state index in [2.05, 4.69) is 6.58 Å². The first-order chi connectivity index (χ1) is 18.7. The fourth-order valence-corrected chi connectivity index (χ4v) is 5.55. The van der Waals surface area contributed by atoms with Crippen molar-refractivity contribution in [3.63, 3.8) is 0 Å². The second-order valence-corrected chi connectivity index (χ2v) is 12.0.